The van der Waals surface area contributed by atoms with Gasteiger partial charge in [0.2, 0.25) is 0 Å². The number of nitrogens with zero attached hydrogens (tertiary/aromatic N) is 4. The van der Waals surface area contributed by atoms with E-state index in [4.69, 9.17) is 4.42 Å². The zero-order valence-corrected chi connectivity index (χ0v) is 29.4. The van der Waals surface area contributed by atoms with Gasteiger partial charge in [0.15, 0.2) is 0 Å². The number of hydrogen-bond donors (Lipinski definition) is 0. The van der Waals surface area contributed by atoms with Gasteiger partial charge in [-0.3, -0.25) is 0 Å². The molecular weight excluding hydrogens is 673 g/mol. The van der Waals surface area contributed by atoms with Gasteiger partial charge < -0.3 is 13.6 Å². The molecule has 0 unspecified atom stereocenters. The highest BCUT2D eigenvalue weighted by Gasteiger charge is 2.22. The van der Waals surface area contributed by atoms with Crippen molar-refractivity contribution < 1.29 is 4.42 Å². The van der Waals surface area contributed by atoms with Gasteiger partial charge in [0, 0.05) is 43.7 Å². The van der Waals surface area contributed by atoms with Crippen LogP contribution in [-0.4, -0.2) is 9.13 Å². The molecule has 0 amide bonds. The predicted octanol–water partition coefficient (Wildman–Crippen LogP) is 12.9. The first-order valence-corrected chi connectivity index (χ1v) is 18.2. The van der Waals surface area contributed by atoms with Crippen molar-refractivity contribution in [3.8, 4) is 45.8 Å². The first-order valence-electron chi connectivity index (χ1n) is 18.2. The number of hydrogen-bond acceptors (Lipinski definition) is 3. The van der Waals surface area contributed by atoms with Crippen LogP contribution in [-0.2, 0) is 0 Å². The summed E-state index contributed by atoms with van der Waals surface area (Å²) in [7, 11) is 0. The highest BCUT2D eigenvalue weighted by Crippen LogP contribution is 2.43. The molecule has 0 N–H and O–H groups in total. The van der Waals surface area contributed by atoms with E-state index in [1.54, 1.807) is 18.2 Å². The number of fused-ring (bicyclic) bond motifs is 10. The molecule has 8 aromatic carbocycles. The summed E-state index contributed by atoms with van der Waals surface area (Å²) in [5.41, 5.74) is 12.7. The van der Waals surface area contributed by atoms with E-state index >= 15 is 0 Å². The Hall–Kier alpha value is -7.86. The number of para-hydroxylation sites is 4. The summed E-state index contributed by atoms with van der Waals surface area (Å²) in [5.74, 6) is 0. The van der Waals surface area contributed by atoms with Crippen LogP contribution in [0.1, 0.15) is 11.1 Å². The molecule has 0 saturated heterocycles. The largest absolute Gasteiger partial charge is 0.455 e. The number of aromatic nitrogens is 2. The van der Waals surface area contributed by atoms with E-state index in [0.29, 0.717) is 16.7 Å². The van der Waals surface area contributed by atoms with E-state index in [-0.39, 0.29) is 0 Å². The van der Waals surface area contributed by atoms with Crippen molar-refractivity contribution in [3.05, 3.63) is 181 Å². The number of rotatable bonds is 4. The van der Waals surface area contributed by atoms with Crippen molar-refractivity contribution in [1.82, 2.24) is 9.13 Å². The second-order valence-electron chi connectivity index (χ2n) is 13.9. The molecule has 0 bridgehead atoms. The molecule has 0 radical (unpaired) electrons. The van der Waals surface area contributed by atoms with E-state index in [1.807, 2.05) is 24.3 Å². The fourth-order valence-corrected chi connectivity index (χ4v) is 8.65. The quantitative estimate of drug-likeness (QED) is 0.183. The van der Waals surface area contributed by atoms with Crippen LogP contribution in [0.25, 0.3) is 99.2 Å². The van der Waals surface area contributed by atoms with Crippen LogP contribution < -0.4 is 0 Å². The topological polar surface area (TPSA) is 70.6 Å². The second kappa shape index (κ2) is 11.8. The van der Waals surface area contributed by atoms with Crippen LogP contribution >= 0.6 is 0 Å². The van der Waals surface area contributed by atoms with Gasteiger partial charge in [0.05, 0.1) is 56.4 Å². The molecule has 11 rings (SSSR count). The summed E-state index contributed by atoms with van der Waals surface area (Å²) in [4.78, 5) is 0. The van der Waals surface area contributed by atoms with Crippen LogP contribution in [0.2, 0.25) is 0 Å². The fourth-order valence-electron chi connectivity index (χ4n) is 8.65. The lowest BCUT2D eigenvalue weighted by Gasteiger charge is -2.18. The molecule has 254 valence electrons. The first kappa shape index (κ1) is 30.7. The summed E-state index contributed by atoms with van der Waals surface area (Å²) >= 11 is 0. The van der Waals surface area contributed by atoms with Gasteiger partial charge in [0.1, 0.15) is 11.2 Å². The van der Waals surface area contributed by atoms with Crippen LogP contribution in [0.3, 0.4) is 0 Å². The number of furan rings is 1. The van der Waals surface area contributed by atoms with E-state index in [2.05, 4.69) is 149 Å². The van der Waals surface area contributed by atoms with Gasteiger partial charge in [-0.2, -0.15) is 10.5 Å². The minimum absolute atomic E-state index is 0.477. The van der Waals surface area contributed by atoms with E-state index in [1.165, 1.54) is 10.8 Å². The highest BCUT2D eigenvalue weighted by atomic mass is 16.3. The molecular formula is C50H28N4O. The van der Waals surface area contributed by atoms with Crippen molar-refractivity contribution >= 4 is 65.6 Å². The molecule has 0 saturated carbocycles. The lowest BCUT2D eigenvalue weighted by atomic mass is 9.93. The van der Waals surface area contributed by atoms with Crippen LogP contribution in [0.4, 0.5) is 0 Å². The minimum atomic E-state index is 0.477. The Morgan fingerprint density at radius 3 is 1.69 bits per heavy atom. The maximum absolute atomic E-state index is 9.92. The van der Waals surface area contributed by atoms with Crippen LogP contribution in [0.5, 0.6) is 0 Å². The highest BCUT2D eigenvalue weighted by molar-refractivity contribution is 6.24. The van der Waals surface area contributed by atoms with Crippen molar-refractivity contribution in [2.75, 3.05) is 0 Å². The first-order chi connectivity index (χ1) is 27.2. The minimum Gasteiger partial charge on any atom is -0.455 e. The summed E-state index contributed by atoms with van der Waals surface area (Å²) in [6.45, 7) is 0. The van der Waals surface area contributed by atoms with Crippen molar-refractivity contribution in [2.24, 2.45) is 0 Å². The molecule has 5 heteroatoms. The molecule has 0 aliphatic carbocycles. The van der Waals surface area contributed by atoms with Gasteiger partial charge in [-0.25, -0.2) is 0 Å². The Bertz CT molecular complexity index is 3370. The van der Waals surface area contributed by atoms with E-state index in [9.17, 15) is 10.5 Å². The van der Waals surface area contributed by atoms with Gasteiger partial charge >= 0.3 is 0 Å². The summed E-state index contributed by atoms with van der Waals surface area (Å²) in [6.07, 6.45) is 0. The molecule has 11 aromatic rings. The smallest absolute Gasteiger partial charge is 0.145 e. The maximum Gasteiger partial charge on any atom is 0.145 e. The number of benzene rings is 8. The maximum atomic E-state index is 9.92. The normalized spacial score (nSPS) is 11.6. The molecule has 55 heavy (non-hydrogen) atoms. The molecule has 5 nitrogen and oxygen atoms in total. The Morgan fingerprint density at radius 2 is 1.02 bits per heavy atom. The summed E-state index contributed by atoms with van der Waals surface area (Å²) in [5, 5.41) is 26.6. The SMILES string of the molecule is N#Cc1cccc(C#N)c1-c1ccc(-c2ccc(-n3c4ccccc4c4ccccc43)cc2-n2c3ccccc3c3c4oc5ccccc5c4ccc32)cc1. The van der Waals surface area contributed by atoms with Crippen molar-refractivity contribution in [1.29, 1.82) is 10.5 Å². The van der Waals surface area contributed by atoms with Crippen LogP contribution in [0, 0.1) is 22.7 Å². The van der Waals surface area contributed by atoms with Crippen molar-refractivity contribution in [3.63, 3.8) is 0 Å². The molecule has 0 fully saturated rings. The third kappa shape index (κ3) is 4.45. The van der Waals surface area contributed by atoms with E-state index < -0.39 is 0 Å². The van der Waals surface area contributed by atoms with Gasteiger partial charge in [0.25, 0.3) is 0 Å². The molecule has 0 spiro atoms. The molecule has 0 atom stereocenters. The van der Waals surface area contributed by atoms with Crippen molar-refractivity contribution in [2.45, 2.75) is 0 Å². The summed E-state index contributed by atoms with van der Waals surface area (Å²) in [6, 6.07) is 63.1. The van der Waals surface area contributed by atoms with E-state index in [0.717, 1.165) is 82.8 Å². The standard InChI is InChI=1S/C50H28N4O/c51-29-33-10-9-11-34(30-52)48(33)32-22-20-31(21-23-32)36-25-24-35(53-42-16-5-1-12-37(42)38-13-2-6-17-43(38)53)28-46(36)54-44-18-7-3-15-41(44)49-45(54)27-26-40-39-14-4-8-19-47(39)55-50(40)49/h1-28H. The van der Waals surface area contributed by atoms with Crippen LogP contribution in [0.15, 0.2) is 174 Å². The second-order valence-corrected chi connectivity index (χ2v) is 13.9. The Morgan fingerprint density at radius 1 is 0.436 bits per heavy atom. The average molecular weight is 701 g/mol. The van der Waals surface area contributed by atoms with Gasteiger partial charge in [-0.1, -0.05) is 109 Å². The molecule has 0 aliphatic heterocycles. The summed E-state index contributed by atoms with van der Waals surface area (Å²) < 4.78 is 11.4. The Kier molecular flexibility index (Phi) is 6.61. The zero-order valence-electron chi connectivity index (χ0n) is 29.4. The molecule has 3 aromatic heterocycles. The molecule has 3 heterocycles. The lowest BCUT2D eigenvalue weighted by molar-refractivity contribution is 0.673. The lowest BCUT2D eigenvalue weighted by Crippen LogP contribution is -2.01. The third-order valence-electron chi connectivity index (χ3n) is 11.0. The predicted molar refractivity (Wildman–Crippen MR) is 223 cm³/mol. The zero-order chi connectivity index (χ0) is 36.6. The monoisotopic (exact) mass is 700 g/mol. The van der Waals surface area contributed by atoms with Gasteiger partial charge in [-0.05, 0) is 71.8 Å². The number of nitriles is 2. The average Bonchev–Trinajstić information content (AvgIpc) is 3.91. The fraction of sp³-hybridized carbons (Fsp3) is 0. The third-order valence-corrected chi connectivity index (χ3v) is 11.0. The Balaban J connectivity index is 1.22. The van der Waals surface area contributed by atoms with Gasteiger partial charge in [-0.15, -0.1) is 0 Å². The molecule has 0 aliphatic rings. The Labute approximate surface area is 315 Å².